The van der Waals surface area contributed by atoms with Gasteiger partial charge in [-0.05, 0) is 38.5 Å². The third kappa shape index (κ3) is 6.95. The van der Waals surface area contributed by atoms with Crippen LogP contribution in [-0.2, 0) is 14.4 Å². The molecule has 0 aliphatic carbocycles. The first-order chi connectivity index (χ1) is 8.16. The number of carboxylic acid groups (broad SMARTS) is 3. The van der Waals surface area contributed by atoms with Crippen LogP contribution in [0.4, 0.5) is 0 Å². The van der Waals surface area contributed by atoms with Crippen LogP contribution >= 0.6 is 0 Å². The van der Waals surface area contributed by atoms with E-state index in [0.29, 0.717) is 0 Å². The van der Waals surface area contributed by atoms with E-state index in [0.717, 1.165) is 12.2 Å². The predicted molar refractivity (Wildman–Crippen MR) is 70.3 cm³/mol. The van der Waals surface area contributed by atoms with Crippen molar-refractivity contribution >= 4 is 47.5 Å². The Labute approximate surface area is 132 Å². The molecule has 0 aromatic rings. The fraction of sp³-hybridized carbons (Fsp3) is 0.250. The summed E-state index contributed by atoms with van der Waals surface area (Å²) in [7, 11) is 0. The third-order valence-corrected chi connectivity index (χ3v) is 2.17. The molecule has 0 saturated carbocycles. The zero-order chi connectivity index (χ0) is 14.5. The van der Waals surface area contributed by atoms with Crippen LogP contribution in [0.1, 0.15) is 20.8 Å². The molecule has 0 bridgehead atoms. The molecule has 0 aromatic heterocycles. The zero-order valence-corrected chi connectivity index (χ0v) is 10.2. The Kier molecular flexibility index (Phi) is 9.12. The molecule has 6 nitrogen and oxygen atoms in total. The molecule has 7 heteroatoms. The Bertz CT molecular complexity index is 452. The van der Waals surface area contributed by atoms with Crippen molar-refractivity contribution in [2.24, 2.45) is 0 Å². The third-order valence-electron chi connectivity index (χ3n) is 2.17. The summed E-state index contributed by atoms with van der Waals surface area (Å²) in [5.41, 5.74) is -0.251. The minimum atomic E-state index is -1.24. The van der Waals surface area contributed by atoms with Crippen molar-refractivity contribution in [1.82, 2.24) is 0 Å². The van der Waals surface area contributed by atoms with Gasteiger partial charge in [0.15, 0.2) is 0 Å². The molecule has 0 heterocycles. The quantitative estimate of drug-likeness (QED) is 0.389. The van der Waals surface area contributed by atoms with Crippen molar-refractivity contribution in [3.05, 3.63) is 34.4 Å². The number of allylic oxidation sites excluding steroid dienone is 3. The van der Waals surface area contributed by atoms with E-state index in [1.54, 1.807) is 0 Å². The SMILES string of the molecule is CC(=CC(C=C(C)C(=O)O)=C(C)C(=O)O)C(=O)O.[NaH]. The molecule has 0 aliphatic rings. The first-order valence-corrected chi connectivity index (χ1v) is 4.94. The summed E-state index contributed by atoms with van der Waals surface area (Å²) >= 11 is 0. The summed E-state index contributed by atoms with van der Waals surface area (Å²) in [5.74, 6) is -3.65. The topological polar surface area (TPSA) is 112 Å². The van der Waals surface area contributed by atoms with Crippen LogP contribution in [0.5, 0.6) is 0 Å². The monoisotopic (exact) mass is 278 g/mol. The van der Waals surface area contributed by atoms with Crippen LogP contribution in [0.25, 0.3) is 0 Å². The van der Waals surface area contributed by atoms with Gasteiger partial charge in [0.25, 0.3) is 0 Å². The van der Waals surface area contributed by atoms with Gasteiger partial charge in [-0.15, -0.1) is 0 Å². The molecule has 0 atom stereocenters. The normalized spacial score (nSPS) is 11.3. The maximum atomic E-state index is 10.8. The number of aliphatic carboxylic acids is 3. The van der Waals surface area contributed by atoms with Crippen LogP contribution < -0.4 is 0 Å². The molecule has 0 rings (SSSR count). The van der Waals surface area contributed by atoms with Crippen LogP contribution in [0.3, 0.4) is 0 Å². The van der Waals surface area contributed by atoms with E-state index in [2.05, 4.69) is 0 Å². The molecule has 0 spiro atoms. The number of rotatable bonds is 5. The molecule has 0 aliphatic heterocycles. The van der Waals surface area contributed by atoms with Gasteiger partial charge in [-0.2, -0.15) is 0 Å². The van der Waals surface area contributed by atoms with Gasteiger partial charge in [0.1, 0.15) is 0 Å². The van der Waals surface area contributed by atoms with Gasteiger partial charge in [-0.1, -0.05) is 0 Å². The van der Waals surface area contributed by atoms with Crippen LogP contribution in [0.2, 0.25) is 0 Å². The summed E-state index contributed by atoms with van der Waals surface area (Å²) in [6, 6.07) is 0. The standard InChI is InChI=1S/C12H14O6.Na.H/c1-6(10(13)14)4-9(8(3)12(17)18)5-7(2)11(15)16;;/h4-5H,1-3H3,(H,13,14)(H,15,16)(H,17,18);;. The summed E-state index contributed by atoms with van der Waals surface area (Å²) in [6.45, 7) is 3.86. The predicted octanol–water partition coefficient (Wildman–Crippen LogP) is 0.801. The van der Waals surface area contributed by atoms with E-state index in [9.17, 15) is 14.4 Å². The van der Waals surface area contributed by atoms with Gasteiger partial charge in [0.2, 0.25) is 0 Å². The molecule has 3 N–H and O–H groups in total. The summed E-state index contributed by atoms with van der Waals surface area (Å²) < 4.78 is 0. The number of hydrogen-bond donors (Lipinski definition) is 3. The van der Waals surface area contributed by atoms with Gasteiger partial charge in [0.05, 0.1) is 0 Å². The zero-order valence-electron chi connectivity index (χ0n) is 10.2. The van der Waals surface area contributed by atoms with Crippen molar-refractivity contribution in [2.45, 2.75) is 20.8 Å². The summed E-state index contributed by atoms with van der Waals surface area (Å²) in [4.78, 5) is 32.2. The molecule has 0 unspecified atom stereocenters. The maximum absolute atomic E-state index is 10.8. The van der Waals surface area contributed by atoms with Crippen molar-refractivity contribution < 1.29 is 29.7 Å². The summed E-state index contributed by atoms with van der Waals surface area (Å²) in [6.07, 6.45) is 2.25. The van der Waals surface area contributed by atoms with Crippen molar-refractivity contribution in [3.63, 3.8) is 0 Å². The van der Waals surface area contributed by atoms with Gasteiger partial charge >= 0.3 is 47.5 Å². The average molecular weight is 278 g/mol. The second-order valence-corrected chi connectivity index (χ2v) is 3.65. The second kappa shape index (κ2) is 8.68. The van der Waals surface area contributed by atoms with E-state index in [1.165, 1.54) is 20.8 Å². The molecule has 19 heavy (non-hydrogen) atoms. The van der Waals surface area contributed by atoms with E-state index in [1.807, 2.05) is 0 Å². The molecular formula is C12H15NaO6. The van der Waals surface area contributed by atoms with E-state index < -0.39 is 17.9 Å². The number of carbonyl (C=O) groups is 3. The molecule has 0 amide bonds. The van der Waals surface area contributed by atoms with Crippen molar-refractivity contribution in [3.8, 4) is 0 Å². The minimum absolute atomic E-state index is 0. The molecule has 0 aromatic carbocycles. The fourth-order valence-corrected chi connectivity index (χ4v) is 0.972. The Morgan fingerprint density at radius 2 is 1.05 bits per heavy atom. The Hall–Kier alpha value is -1.37. The fourth-order valence-electron chi connectivity index (χ4n) is 0.972. The van der Waals surface area contributed by atoms with Crippen LogP contribution in [-0.4, -0.2) is 62.8 Å². The van der Waals surface area contributed by atoms with E-state index >= 15 is 0 Å². The second-order valence-electron chi connectivity index (χ2n) is 3.65. The first-order valence-electron chi connectivity index (χ1n) is 4.94. The Morgan fingerprint density at radius 3 is 1.26 bits per heavy atom. The van der Waals surface area contributed by atoms with Gasteiger partial charge in [-0.3, -0.25) is 0 Å². The first kappa shape index (κ1) is 20.0. The molecule has 0 radical (unpaired) electrons. The number of carboxylic acids is 3. The molecular weight excluding hydrogens is 263 g/mol. The van der Waals surface area contributed by atoms with E-state index in [4.69, 9.17) is 15.3 Å². The van der Waals surface area contributed by atoms with Crippen molar-refractivity contribution in [2.75, 3.05) is 0 Å². The van der Waals surface area contributed by atoms with Gasteiger partial charge in [0, 0.05) is 16.7 Å². The molecule has 100 valence electrons. The van der Waals surface area contributed by atoms with Crippen LogP contribution in [0, 0.1) is 0 Å². The molecule has 0 saturated heterocycles. The number of hydrogen-bond acceptors (Lipinski definition) is 3. The van der Waals surface area contributed by atoms with Gasteiger partial charge < -0.3 is 15.3 Å². The average Bonchev–Trinajstić information content (AvgIpc) is 2.26. The summed E-state index contributed by atoms with van der Waals surface area (Å²) in [5, 5.41) is 26.3. The Morgan fingerprint density at radius 1 is 0.737 bits per heavy atom. The Balaban J connectivity index is 0. The van der Waals surface area contributed by atoms with Gasteiger partial charge in [-0.25, -0.2) is 14.4 Å². The molecule has 0 fully saturated rings. The van der Waals surface area contributed by atoms with Crippen molar-refractivity contribution in [1.29, 1.82) is 0 Å². The van der Waals surface area contributed by atoms with E-state index in [-0.39, 0.29) is 51.8 Å². The van der Waals surface area contributed by atoms with Crippen LogP contribution in [0.15, 0.2) is 34.4 Å².